The van der Waals surface area contributed by atoms with Crippen LogP contribution >= 0.6 is 0 Å². The van der Waals surface area contributed by atoms with Gasteiger partial charge in [0.2, 0.25) is 0 Å². The van der Waals surface area contributed by atoms with Gasteiger partial charge < -0.3 is 10.6 Å². The fourth-order valence-electron chi connectivity index (χ4n) is 3.66. The number of fused-ring (bicyclic) bond motifs is 1. The highest BCUT2D eigenvalue weighted by Gasteiger charge is 2.30. The molecule has 1 aromatic heterocycles. The van der Waals surface area contributed by atoms with E-state index in [2.05, 4.69) is 20.5 Å². The van der Waals surface area contributed by atoms with E-state index in [1.807, 2.05) is 6.07 Å². The molecular weight excluding hydrogens is 381 g/mol. The lowest BCUT2D eigenvalue weighted by Crippen LogP contribution is -2.43. The average Bonchev–Trinajstić information content (AvgIpc) is 3.04. The van der Waals surface area contributed by atoms with Gasteiger partial charge in [0.1, 0.15) is 0 Å². The van der Waals surface area contributed by atoms with Crippen molar-refractivity contribution in [3.05, 3.63) is 64.5 Å². The van der Waals surface area contributed by atoms with Crippen LogP contribution in [0.5, 0.6) is 0 Å². The van der Waals surface area contributed by atoms with Crippen molar-refractivity contribution in [3.8, 4) is 0 Å². The second-order valence-corrected chi connectivity index (χ2v) is 7.74. The molecule has 1 aromatic carbocycles. The molecule has 2 aromatic rings. The van der Waals surface area contributed by atoms with Crippen LogP contribution in [0.25, 0.3) is 0 Å². The Labute approximate surface area is 167 Å². The van der Waals surface area contributed by atoms with Crippen LogP contribution in [-0.4, -0.2) is 35.4 Å². The van der Waals surface area contributed by atoms with Gasteiger partial charge in [-0.15, -0.1) is 0 Å². The summed E-state index contributed by atoms with van der Waals surface area (Å²) in [6.07, 6.45) is -1.75. The third-order valence-electron chi connectivity index (χ3n) is 5.48. The van der Waals surface area contributed by atoms with Crippen LogP contribution < -0.4 is 10.6 Å². The number of carbonyl (C=O) groups is 1. The predicted octanol–water partition coefficient (Wildman–Crippen LogP) is 2.96. The molecule has 29 heavy (non-hydrogen) atoms. The Morgan fingerprint density at radius 1 is 1.21 bits per heavy atom. The molecule has 0 atom stereocenters. The van der Waals surface area contributed by atoms with E-state index in [9.17, 15) is 18.0 Å². The van der Waals surface area contributed by atoms with E-state index in [1.54, 1.807) is 6.20 Å². The zero-order valence-electron chi connectivity index (χ0n) is 15.9. The first-order valence-electron chi connectivity index (χ1n) is 9.74. The molecule has 154 valence electrons. The molecule has 0 saturated carbocycles. The number of amides is 1. The first kappa shape index (κ1) is 19.8. The quantitative estimate of drug-likeness (QED) is 0.777. The van der Waals surface area contributed by atoms with E-state index in [0.29, 0.717) is 37.7 Å². The molecule has 1 fully saturated rings. The lowest BCUT2D eigenvalue weighted by Gasteiger charge is -2.26. The summed E-state index contributed by atoms with van der Waals surface area (Å²) in [5.41, 5.74) is 2.62. The fraction of sp³-hybridized carbons (Fsp3) is 0.429. The lowest BCUT2D eigenvalue weighted by atomic mass is 9.99. The first-order valence-corrected chi connectivity index (χ1v) is 9.74. The van der Waals surface area contributed by atoms with Gasteiger partial charge in [-0.3, -0.25) is 14.7 Å². The summed E-state index contributed by atoms with van der Waals surface area (Å²) in [5, 5.41) is 6.16. The van der Waals surface area contributed by atoms with Gasteiger partial charge in [-0.2, -0.15) is 13.2 Å². The number of halogens is 3. The zero-order chi connectivity index (χ0) is 20.4. The highest BCUT2D eigenvalue weighted by Crippen LogP contribution is 2.30. The van der Waals surface area contributed by atoms with Crippen LogP contribution in [0.2, 0.25) is 0 Å². The number of hydrogen-bond acceptors (Lipinski definition) is 4. The molecule has 2 aliphatic rings. The molecule has 0 spiro atoms. The van der Waals surface area contributed by atoms with Gasteiger partial charge in [0.05, 0.1) is 16.8 Å². The van der Waals surface area contributed by atoms with Gasteiger partial charge in [-0.1, -0.05) is 12.1 Å². The standard InChI is InChI=1S/C21H23F3N4O/c22-21(23,24)18-3-1-14(2-4-18)11-28-12-17-7-16(10-27-19(17)13-28)20(29)26-6-5-15-8-25-9-15/h1-4,7,10,15,25H,5-6,8-9,11-13H2,(H,26,29). The second kappa shape index (κ2) is 8.12. The van der Waals surface area contributed by atoms with E-state index in [-0.39, 0.29) is 5.91 Å². The summed E-state index contributed by atoms with van der Waals surface area (Å²) in [5.74, 6) is 0.529. The third kappa shape index (κ3) is 4.76. The van der Waals surface area contributed by atoms with Crippen LogP contribution in [0.15, 0.2) is 36.5 Å². The van der Waals surface area contributed by atoms with Crippen molar-refractivity contribution < 1.29 is 18.0 Å². The molecule has 0 unspecified atom stereocenters. The fourth-order valence-corrected chi connectivity index (χ4v) is 3.66. The van der Waals surface area contributed by atoms with E-state index in [0.717, 1.165) is 48.5 Å². The van der Waals surface area contributed by atoms with Gasteiger partial charge in [0, 0.05) is 32.4 Å². The Morgan fingerprint density at radius 2 is 1.97 bits per heavy atom. The van der Waals surface area contributed by atoms with E-state index < -0.39 is 11.7 Å². The van der Waals surface area contributed by atoms with Crippen molar-refractivity contribution in [1.82, 2.24) is 20.5 Å². The molecular formula is C21H23F3N4O. The van der Waals surface area contributed by atoms with Crippen molar-refractivity contribution in [1.29, 1.82) is 0 Å². The van der Waals surface area contributed by atoms with E-state index in [1.165, 1.54) is 12.1 Å². The molecule has 0 bridgehead atoms. The number of hydrogen-bond donors (Lipinski definition) is 2. The molecule has 4 rings (SSSR count). The van der Waals surface area contributed by atoms with Gasteiger partial charge in [0.25, 0.3) is 5.91 Å². The molecule has 2 aliphatic heterocycles. The van der Waals surface area contributed by atoms with Crippen molar-refractivity contribution >= 4 is 5.91 Å². The molecule has 5 nitrogen and oxygen atoms in total. The Morgan fingerprint density at radius 3 is 2.62 bits per heavy atom. The normalized spacial score (nSPS) is 17.1. The summed E-state index contributed by atoms with van der Waals surface area (Å²) < 4.78 is 38.1. The maximum Gasteiger partial charge on any atom is 0.416 e. The predicted molar refractivity (Wildman–Crippen MR) is 102 cm³/mol. The Kier molecular flexibility index (Phi) is 5.56. The van der Waals surface area contributed by atoms with Crippen LogP contribution in [0.3, 0.4) is 0 Å². The van der Waals surface area contributed by atoms with Gasteiger partial charge in [0.15, 0.2) is 0 Å². The van der Waals surface area contributed by atoms with Crippen LogP contribution in [0.1, 0.15) is 39.2 Å². The number of pyridine rings is 1. The minimum atomic E-state index is -4.32. The average molecular weight is 404 g/mol. The summed E-state index contributed by atoms with van der Waals surface area (Å²) in [6.45, 7) is 4.47. The minimum absolute atomic E-state index is 0.117. The molecule has 0 aliphatic carbocycles. The topological polar surface area (TPSA) is 57.3 Å². The number of benzene rings is 1. The second-order valence-electron chi connectivity index (χ2n) is 7.74. The number of rotatable bonds is 6. The number of alkyl halides is 3. The van der Waals surface area contributed by atoms with Gasteiger partial charge in [-0.05, 0) is 54.8 Å². The summed E-state index contributed by atoms with van der Waals surface area (Å²) in [6, 6.07) is 7.11. The molecule has 2 N–H and O–H groups in total. The third-order valence-corrected chi connectivity index (χ3v) is 5.48. The first-order chi connectivity index (χ1) is 13.9. The summed E-state index contributed by atoms with van der Waals surface area (Å²) in [7, 11) is 0. The zero-order valence-corrected chi connectivity index (χ0v) is 15.9. The van der Waals surface area contributed by atoms with Crippen LogP contribution in [0.4, 0.5) is 13.2 Å². The highest BCUT2D eigenvalue weighted by atomic mass is 19.4. The van der Waals surface area contributed by atoms with Crippen molar-refractivity contribution in [3.63, 3.8) is 0 Å². The SMILES string of the molecule is O=C(NCCC1CNC1)c1cnc2c(c1)CN(Cc1ccc(C(F)(F)F)cc1)C2. The van der Waals surface area contributed by atoms with Crippen molar-refractivity contribution in [2.75, 3.05) is 19.6 Å². The number of nitrogens with zero attached hydrogens (tertiary/aromatic N) is 2. The monoisotopic (exact) mass is 404 g/mol. The number of aromatic nitrogens is 1. The molecule has 8 heteroatoms. The minimum Gasteiger partial charge on any atom is -0.352 e. The Balaban J connectivity index is 1.32. The smallest absolute Gasteiger partial charge is 0.352 e. The summed E-state index contributed by atoms with van der Waals surface area (Å²) in [4.78, 5) is 18.9. The van der Waals surface area contributed by atoms with E-state index >= 15 is 0 Å². The van der Waals surface area contributed by atoms with Crippen LogP contribution in [-0.2, 0) is 25.8 Å². The highest BCUT2D eigenvalue weighted by molar-refractivity contribution is 5.94. The number of nitrogens with one attached hydrogen (secondary N) is 2. The maximum absolute atomic E-state index is 12.7. The van der Waals surface area contributed by atoms with Crippen molar-refractivity contribution in [2.24, 2.45) is 5.92 Å². The Hall–Kier alpha value is -2.45. The largest absolute Gasteiger partial charge is 0.416 e. The number of carbonyl (C=O) groups excluding carboxylic acids is 1. The van der Waals surface area contributed by atoms with E-state index in [4.69, 9.17) is 0 Å². The maximum atomic E-state index is 12.7. The lowest BCUT2D eigenvalue weighted by molar-refractivity contribution is -0.137. The summed E-state index contributed by atoms with van der Waals surface area (Å²) >= 11 is 0. The van der Waals surface area contributed by atoms with Crippen molar-refractivity contribution in [2.45, 2.75) is 32.2 Å². The van der Waals surface area contributed by atoms with Gasteiger partial charge >= 0.3 is 6.18 Å². The Bertz CT molecular complexity index is 878. The molecule has 0 radical (unpaired) electrons. The van der Waals surface area contributed by atoms with Crippen LogP contribution in [0, 0.1) is 5.92 Å². The molecule has 1 amide bonds. The molecule has 3 heterocycles. The molecule has 1 saturated heterocycles. The van der Waals surface area contributed by atoms with Gasteiger partial charge in [-0.25, -0.2) is 0 Å².